The number of benzene rings is 2. The van der Waals surface area contributed by atoms with Crippen LogP contribution in [0.5, 0.6) is 0 Å². The molecule has 0 bridgehead atoms. The van der Waals surface area contributed by atoms with Crippen molar-refractivity contribution >= 4 is 34.8 Å². The second-order valence-corrected chi connectivity index (χ2v) is 5.77. The van der Waals surface area contributed by atoms with Crippen LogP contribution in [-0.4, -0.2) is 11.9 Å². The molecule has 0 saturated carbocycles. The molecule has 4 heteroatoms. The van der Waals surface area contributed by atoms with Crippen LogP contribution in [0.15, 0.2) is 42.5 Å². The first-order chi connectivity index (χ1) is 9.59. The second-order valence-electron chi connectivity index (χ2n) is 4.95. The average Bonchev–Trinajstić information content (AvgIpc) is 2.74. The van der Waals surface area contributed by atoms with E-state index in [1.807, 2.05) is 31.2 Å². The monoisotopic (exact) mass is 305 g/mol. The van der Waals surface area contributed by atoms with E-state index in [-0.39, 0.29) is 11.9 Å². The summed E-state index contributed by atoms with van der Waals surface area (Å²) in [5, 5.41) is 0.776. The maximum atomic E-state index is 12.8. The van der Waals surface area contributed by atoms with Gasteiger partial charge in [-0.1, -0.05) is 47.5 Å². The molecule has 0 aromatic heterocycles. The topological polar surface area (TPSA) is 20.3 Å². The third kappa shape index (κ3) is 2.09. The molecule has 1 aliphatic heterocycles. The molecule has 0 N–H and O–H groups in total. The standard InChI is InChI=1S/C16H13Cl2NO/c1-10-9-11-5-2-3-8-14(11)19(10)16(20)15-12(17)6-4-7-13(15)18/h2-8,10H,9H2,1H3/t10-/m0/s1. The zero-order valence-corrected chi connectivity index (χ0v) is 12.4. The van der Waals surface area contributed by atoms with Crippen LogP contribution >= 0.6 is 23.2 Å². The molecule has 102 valence electrons. The molecular weight excluding hydrogens is 293 g/mol. The number of anilines is 1. The van der Waals surface area contributed by atoms with Gasteiger partial charge < -0.3 is 4.90 Å². The van der Waals surface area contributed by atoms with Gasteiger partial charge in [-0.05, 0) is 37.1 Å². The first-order valence-corrected chi connectivity index (χ1v) is 7.20. The Balaban J connectivity index is 2.08. The fourth-order valence-electron chi connectivity index (χ4n) is 2.70. The van der Waals surface area contributed by atoms with E-state index in [0.29, 0.717) is 15.6 Å². The lowest BCUT2D eigenvalue weighted by atomic mass is 10.1. The number of carbonyl (C=O) groups is 1. The number of fused-ring (bicyclic) bond motifs is 1. The van der Waals surface area contributed by atoms with E-state index in [9.17, 15) is 4.79 Å². The summed E-state index contributed by atoms with van der Waals surface area (Å²) in [4.78, 5) is 14.6. The Morgan fingerprint density at radius 3 is 2.45 bits per heavy atom. The van der Waals surface area contributed by atoms with Gasteiger partial charge in [0, 0.05) is 11.7 Å². The van der Waals surface area contributed by atoms with Gasteiger partial charge in [0.1, 0.15) is 0 Å². The third-order valence-electron chi connectivity index (χ3n) is 3.60. The first-order valence-electron chi connectivity index (χ1n) is 6.45. The number of carbonyl (C=O) groups excluding carboxylic acids is 1. The summed E-state index contributed by atoms with van der Waals surface area (Å²) in [6.07, 6.45) is 0.851. The Morgan fingerprint density at radius 2 is 1.75 bits per heavy atom. The van der Waals surface area contributed by atoms with Gasteiger partial charge in [0.2, 0.25) is 0 Å². The molecule has 1 amide bonds. The Bertz CT molecular complexity index is 664. The largest absolute Gasteiger partial charge is 0.305 e. The van der Waals surface area contributed by atoms with Gasteiger partial charge >= 0.3 is 0 Å². The Hall–Kier alpha value is -1.51. The van der Waals surface area contributed by atoms with Crippen molar-refractivity contribution in [2.24, 2.45) is 0 Å². The number of hydrogen-bond donors (Lipinski definition) is 0. The molecule has 1 aliphatic rings. The van der Waals surface area contributed by atoms with Crippen LogP contribution in [0.1, 0.15) is 22.8 Å². The predicted octanol–water partition coefficient (Wildman–Crippen LogP) is 4.58. The lowest BCUT2D eigenvalue weighted by Gasteiger charge is -2.23. The van der Waals surface area contributed by atoms with Gasteiger partial charge in [0.25, 0.3) is 5.91 Å². The molecule has 0 radical (unpaired) electrons. The molecule has 0 aliphatic carbocycles. The third-order valence-corrected chi connectivity index (χ3v) is 4.23. The minimum Gasteiger partial charge on any atom is -0.305 e. The summed E-state index contributed by atoms with van der Waals surface area (Å²) in [5.41, 5.74) is 2.50. The van der Waals surface area contributed by atoms with Crippen molar-refractivity contribution in [3.63, 3.8) is 0 Å². The number of halogens is 2. The van der Waals surface area contributed by atoms with Crippen LogP contribution in [0.2, 0.25) is 10.0 Å². The summed E-state index contributed by atoms with van der Waals surface area (Å²) < 4.78 is 0. The highest BCUT2D eigenvalue weighted by Crippen LogP contribution is 2.35. The first kappa shape index (κ1) is 13.5. The average molecular weight is 306 g/mol. The highest BCUT2D eigenvalue weighted by molar-refractivity contribution is 6.40. The van der Waals surface area contributed by atoms with Crippen molar-refractivity contribution in [1.82, 2.24) is 0 Å². The van der Waals surface area contributed by atoms with E-state index in [1.54, 1.807) is 23.1 Å². The number of para-hydroxylation sites is 1. The Morgan fingerprint density at radius 1 is 1.10 bits per heavy atom. The summed E-state index contributed by atoms with van der Waals surface area (Å²) in [5.74, 6) is -0.141. The maximum Gasteiger partial charge on any atom is 0.261 e. The van der Waals surface area contributed by atoms with Crippen molar-refractivity contribution in [3.8, 4) is 0 Å². The maximum absolute atomic E-state index is 12.8. The van der Waals surface area contributed by atoms with E-state index in [2.05, 4.69) is 0 Å². The van der Waals surface area contributed by atoms with Crippen LogP contribution in [-0.2, 0) is 6.42 Å². The van der Waals surface area contributed by atoms with Crippen LogP contribution in [0.3, 0.4) is 0 Å². The smallest absolute Gasteiger partial charge is 0.261 e. The Labute approximate surface area is 127 Å². The molecule has 0 saturated heterocycles. The number of hydrogen-bond acceptors (Lipinski definition) is 1. The molecule has 0 unspecified atom stereocenters. The quantitative estimate of drug-likeness (QED) is 0.755. The number of nitrogens with zero attached hydrogens (tertiary/aromatic N) is 1. The normalized spacial score (nSPS) is 17.1. The molecule has 2 nitrogen and oxygen atoms in total. The van der Waals surface area contributed by atoms with E-state index in [4.69, 9.17) is 23.2 Å². The van der Waals surface area contributed by atoms with E-state index >= 15 is 0 Å². The van der Waals surface area contributed by atoms with Crippen molar-refractivity contribution in [3.05, 3.63) is 63.6 Å². The van der Waals surface area contributed by atoms with Crippen LogP contribution < -0.4 is 4.90 Å². The van der Waals surface area contributed by atoms with Gasteiger partial charge in [-0.2, -0.15) is 0 Å². The van der Waals surface area contributed by atoms with Crippen molar-refractivity contribution < 1.29 is 4.79 Å². The molecular formula is C16H13Cl2NO. The Kier molecular flexibility index (Phi) is 3.45. The van der Waals surface area contributed by atoms with Gasteiger partial charge in [-0.25, -0.2) is 0 Å². The van der Waals surface area contributed by atoms with Crippen molar-refractivity contribution in [2.75, 3.05) is 4.90 Å². The van der Waals surface area contributed by atoms with E-state index in [0.717, 1.165) is 12.1 Å². The van der Waals surface area contributed by atoms with Crippen LogP contribution in [0, 0.1) is 0 Å². The van der Waals surface area contributed by atoms with Gasteiger partial charge in [-0.15, -0.1) is 0 Å². The molecule has 0 spiro atoms. The fourth-order valence-corrected chi connectivity index (χ4v) is 3.26. The minimum absolute atomic E-state index is 0.104. The zero-order valence-electron chi connectivity index (χ0n) is 10.9. The van der Waals surface area contributed by atoms with Crippen LogP contribution in [0.4, 0.5) is 5.69 Å². The lowest BCUT2D eigenvalue weighted by Crippen LogP contribution is -2.36. The summed E-state index contributed by atoms with van der Waals surface area (Å²) in [6.45, 7) is 2.03. The van der Waals surface area contributed by atoms with Crippen molar-refractivity contribution in [1.29, 1.82) is 0 Å². The molecule has 1 atom stereocenters. The van der Waals surface area contributed by atoms with Crippen LogP contribution in [0.25, 0.3) is 0 Å². The van der Waals surface area contributed by atoms with E-state index in [1.165, 1.54) is 5.56 Å². The number of amides is 1. The predicted molar refractivity (Wildman–Crippen MR) is 82.9 cm³/mol. The highest BCUT2D eigenvalue weighted by atomic mass is 35.5. The van der Waals surface area contributed by atoms with E-state index < -0.39 is 0 Å². The number of rotatable bonds is 1. The summed E-state index contributed by atoms with van der Waals surface area (Å²) >= 11 is 12.3. The SMILES string of the molecule is C[C@H]1Cc2ccccc2N1C(=O)c1c(Cl)cccc1Cl. The summed E-state index contributed by atoms with van der Waals surface area (Å²) in [6, 6.07) is 13.2. The lowest BCUT2D eigenvalue weighted by molar-refractivity contribution is 0.0982. The van der Waals surface area contributed by atoms with Gasteiger partial charge in [0.15, 0.2) is 0 Å². The summed E-state index contributed by atoms with van der Waals surface area (Å²) in [7, 11) is 0. The molecule has 2 aromatic carbocycles. The van der Waals surface area contributed by atoms with Crippen molar-refractivity contribution in [2.45, 2.75) is 19.4 Å². The molecule has 20 heavy (non-hydrogen) atoms. The minimum atomic E-state index is -0.141. The molecule has 3 rings (SSSR count). The second kappa shape index (κ2) is 5.12. The van der Waals surface area contributed by atoms with Gasteiger partial charge in [0.05, 0.1) is 15.6 Å². The zero-order chi connectivity index (χ0) is 14.3. The molecule has 1 heterocycles. The molecule has 0 fully saturated rings. The fraction of sp³-hybridized carbons (Fsp3) is 0.188. The van der Waals surface area contributed by atoms with Gasteiger partial charge in [-0.3, -0.25) is 4.79 Å². The highest BCUT2D eigenvalue weighted by Gasteiger charge is 2.32. The molecule has 2 aromatic rings.